The van der Waals surface area contributed by atoms with E-state index in [1.165, 1.54) is 0 Å². The van der Waals surface area contributed by atoms with Crippen molar-refractivity contribution in [2.75, 3.05) is 41.3 Å². The molecule has 0 saturated carbocycles. The highest BCUT2D eigenvalue weighted by Gasteiger charge is 2.20. The lowest BCUT2D eigenvalue weighted by Gasteiger charge is -2.36. The third kappa shape index (κ3) is 5.52. The Hall–Kier alpha value is -4.53. The molecule has 0 aliphatic carbocycles. The Balaban J connectivity index is 1.36. The standard InChI is InChI=1S/C26H26N8O/c1-19-17-25(31-30-19)28-24-18-26(29-23(27-24)12-7-20-5-3-2-4-6-20)34-15-13-33(14-16-34)22-10-8-21(32-35)9-11-22/h2-12,17-18H,13-16H2,1H3,(H2,27,28,29,30,31)/b12-7+. The van der Waals surface area contributed by atoms with E-state index in [1.807, 2.05) is 73.7 Å². The van der Waals surface area contributed by atoms with E-state index in [0.717, 1.165) is 48.9 Å². The van der Waals surface area contributed by atoms with Gasteiger partial charge < -0.3 is 15.1 Å². The normalized spacial score (nSPS) is 13.9. The molecule has 0 atom stereocenters. The van der Waals surface area contributed by atoms with Gasteiger partial charge in [0.25, 0.3) is 0 Å². The molecule has 0 unspecified atom stereocenters. The SMILES string of the molecule is Cc1cc(Nc2cc(N3CCN(c4ccc(N=O)cc4)CC3)nc(/C=C/c3ccccc3)n2)n[nH]1. The average molecular weight is 467 g/mol. The Morgan fingerprint density at radius 2 is 1.63 bits per heavy atom. The third-order valence-corrected chi connectivity index (χ3v) is 5.84. The molecule has 9 heteroatoms. The number of nitrogens with zero attached hydrogens (tertiary/aromatic N) is 6. The minimum absolute atomic E-state index is 0.441. The number of aromatic amines is 1. The number of piperazine rings is 1. The number of nitroso groups, excluding NO2 is 1. The molecule has 2 aromatic carbocycles. The number of hydrogen-bond donors (Lipinski definition) is 2. The minimum Gasteiger partial charge on any atom is -0.368 e. The van der Waals surface area contributed by atoms with Gasteiger partial charge in [-0.1, -0.05) is 36.4 Å². The van der Waals surface area contributed by atoms with Gasteiger partial charge in [-0.05, 0) is 48.0 Å². The number of anilines is 4. The number of benzene rings is 2. The summed E-state index contributed by atoms with van der Waals surface area (Å²) in [7, 11) is 0. The van der Waals surface area contributed by atoms with Crippen molar-refractivity contribution in [3.8, 4) is 0 Å². The van der Waals surface area contributed by atoms with Gasteiger partial charge in [0.2, 0.25) is 0 Å². The highest BCUT2D eigenvalue weighted by atomic mass is 16.3. The van der Waals surface area contributed by atoms with Crippen LogP contribution in [0.25, 0.3) is 12.2 Å². The highest BCUT2D eigenvalue weighted by molar-refractivity contribution is 5.69. The van der Waals surface area contributed by atoms with Crippen molar-refractivity contribution in [2.24, 2.45) is 5.18 Å². The number of rotatable bonds is 7. The van der Waals surface area contributed by atoms with Gasteiger partial charge in [-0.2, -0.15) is 5.10 Å². The third-order valence-electron chi connectivity index (χ3n) is 5.84. The Morgan fingerprint density at radius 1 is 0.886 bits per heavy atom. The lowest BCUT2D eigenvalue weighted by molar-refractivity contribution is 0.646. The molecule has 3 heterocycles. The van der Waals surface area contributed by atoms with E-state index in [1.54, 1.807) is 12.1 Å². The molecule has 2 N–H and O–H groups in total. The maximum absolute atomic E-state index is 10.7. The zero-order valence-corrected chi connectivity index (χ0v) is 19.4. The summed E-state index contributed by atoms with van der Waals surface area (Å²) < 4.78 is 0. The van der Waals surface area contributed by atoms with Gasteiger partial charge >= 0.3 is 0 Å². The van der Waals surface area contributed by atoms with E-state index in [9.17, 15) is 4.91 Å². The van der Waals surface area contributed by atoms with Crippen molar-refractivity contribution in [3.05, 3.63) is 88.7 Å². The smallest absolute Gasteiger partial charge is 0.156 e. The van der Waals surface area contributed by atoms with Crippen LogP contribution in [0.1, 0.15) is 17.1 Å². The van der Waals surface area contributed by atoms with Crippen molar-refractivity contribution in [3.63, 3.8) is 0 Å². The molecule has 0 amide bonds. The molecule has 0 bridgehead atoms. The molecule has 9 nitrogen and oxygen atoms in total. The average Bonchev–Trinajstić information content (AvgIpc) is 3.32. The van der Waals surface area contributed by atoms with Crippen molar-refractivity contribution < 1.29 is 0 Å². The summed E-state index contributed by atoms with van der Waals surface area (Å²) in [6.45, 7) is 5.27. The molecule has 1 aliphatic rings. The van der Waals surface area contributed by atoms with Crippen LogP contribution in [0.5, 0.6) is 0 Å². The number of H-pyrrole nitrogens is 1. The zero-order valence-electron chi connectivity index (χ0n) is 19.4. The second kappa shape index (κ2) is 10.2. The van der Waals surface area contributed by atoms with Gasteiger partial charge in [0.05, 0.1) is 0 Å². The summed E-state index contributed by atoms with van der Waals surface area (Å²) in [6, 6.07) is 21.4. The zero-order chi connectivity index (χ0) is 24.0. The van der Waals surface area contributed by atoms with Gasteiger partial charge in [0, 0.05) is 49.7 Å². The van der Waals surface area contributed by atoms with Gasteiger partial charge in [-0.15, -0.1) is 4.91 Å². The van der Waals surface area contributed by atoms with Crippen LogP contribution in [0.3, 0.4) is 0 Å². The summed E-state index contributed by atoms with van der Waals surface area (Å²) in [4.78, 5) is 24.8. The number of aromatic nitrogens is 4. The number of nitrogens with one attached hydrogen (secondary N) is 2. The lowest BCUT2D eigenvalue weighted by atomic mass is 10.2. The minimum atomic E-state index is 0.441. The molecule has 4 aromatic rings. The molecule has 176 valence electrons. The summed E-state index contributed by atoms with van der Waals surface area (Å²) in [5, 5.41) is 13.5. The summed E-state index contributed by atoms with van der Waals surface area (Å²) in [6.07, 6.45) is 3.94. The van der Waals surface area contributed by atoms with Crippen molar-refractivity contribution in [2.45, 2.75) is 6.92 Å². The maximum atomic E-state index is 10.7. The summed E-state index contributed by atoms with van der Waals surface area (Å²) in [5.74, 6) is 2.89. The molecule has 0 spiro atoms. The molecule has 5 rings (SSSR count). The molecule has 0 radical (unpaired) electrons. The first-order chi connectivity index (χ1) is 17.2. The Morgan fingerprint density at radius 3 is 2.31 bits per heavy atom. The van der Waals surface area contributed by atoms with E-state index < -0.39 is 0 Å². The van der Waals surface area contributed by atoms with Gasteiger partial charge in [-0.25, -0.2) is 9.97 Å². The summed E-state index contributed by atoms with van der Waals surface area (Å²) >= 11 is 0. The van der Waals surface area contributed by atoms with Crippen molar-refractivity contribution in [1.29, 1.82) is 0 Å². The molecule has 1 saturated heterocycles. The quantitative estimate of drug-likeness (QED) is 0.363. The molecule has 2 aromatic heterocycles. The predicted octanol–water partition coefficient (Wildman–Crippen LogP) is 5.15. The first kappa shape index (κ1) is 22.3. The fraction of sp³-hybridized carbons (Fsp3) is 0.192. The lowest BCUT2D eigenvalue weighted by Crippen LogP contribution is -2.46. The van der Waals surface area contributed by atoms with Crippen molar-refractivity contribution >= 4 is 41.0 Å². The van der Waals surface area contributed by atoms with E-state index in [-0.39, 0.29) is 0 Å². The van der Waals surface area contributed by atoms with E-state index in [2.05, 4.69) is 30.5 Å². The predicted molar refractivity (Wildman–Crippen MR) is 140 cm³/mol. The van der Waals surface area contributed by atoms with Crippen molar-refractivity contribution in [1.82, 2.24) is 20.2 Å². The monoisotopic (exact) mass is 466 g/mol. The van der Waals surface area contributed by atoms with Crippen LogP contribution in [0.15, 0.2) is 71.9 Å². The first-order valence-corrected chi connectivity index (χ1v) is 11.5. The molecular weight excluding hydrogens is 440 g/mol. The fourth-order valence-electron chi connectivity index (χ4n) is 4.02. The summed E-state index contributed by atoms with van der Waals surface area (Å²) in [5.41, 5.74) is 3.58. The van der Waals surface area contributed by atoms with Crippen LogP contribution in [-0.4, -0.2) is 46.3 Å². The molecular formula is C26H26N8O. The number of hydrogen-bond acceptors (Lipinski definition) is 8. The van der Waals surface area contributed by atoms with Gasteiger partial charge in [0.1, 0.15) is 17.3 Å². The Labute approximate surface area is 203 Å². The van der Waals surface area contributed by atoms with Crippen LogP contribution in [0.4, 0.5) is 28.8 Å². The van der Waals surface area contributed by atoms with Gasteiger partial charge in [-0.3, -0.25) is 5.10 Å². The second-order valence-electron chi connectivity index (χ2n) is 8.36. The maximum Gasteiger partial charge on any atom is 0.156 e. The van der Waals surface area contributed by atoms with Crippen LogP contribution in [0.2, 0.25) is 0 Å². The largest absolute Gasteiger partial charge is 0.368 e. The Kier molecular flexibility index (Phi) is 6.47. The van der Waals surface area contributed by atoms with Crippen LogP contribution in [0, 0.1) is 11.8 Å². The van der Waals surface area contributed by atoms with E-state index in [4.69, 9.17) is 9.97 Å². The van der Waals surface area contributed by atoms with E-state index in [0.29, 0.717) is 23.1 Å². The van der Waals surface area contributed by atoms with E-state index >= 15 is 0 Å². The fourth-order valence-corrected chi connectivity index (χ4v) is 4.02. The van der Waals surface area contributed by atoms with Crippen LogP contribution in [-0.2, 0) is 0 Å². The van der Waals surface area contributed by atoms with Gasteiger partial charge in [0.15, 0.2) is 11.6 Å². The molecule has 35 heavy (non-hydrogen) atoms. The second-order valence-corrected chi connectivity index (χ2v) is 8.36. The molecule has 1 fully saturated rings. The highest BCUT2D eigenvalue weighted by Crippen LogP contribution is 2.24. The Bertz CT molecular complexity index is 1310. The first-order valence-electron chi connectivity index (χ1n) is 11.5. The van der Waals surface area contributed by atoms with Crippen LogP contribution < -0.4 is 15.1 Å². The molecule has 1 aliphatic heterocycles. The topological polar surface area (TPSA) is 102 Å². The van der Waals surface area contributed by atoms with Crippen LogP contribution >= 0.6 is 0 Å². The number of aryl methyl sites for hydroxylation is 1.